The average molecular weight is 544 g/mol. The van der Waals surface area contributed by atoms with Crippen molar-refractivity contribution < 1.29 is 14.6 Å². The van der Waals surface area contributed by atoms with Gasteiger partial charge in [-0.2, -0.15) is 0 Å². The molecule has 5 aromatic rings. The molecule has 0 spiro atoms. The maximum Gasteiger partial charge on any atom is 0.265 e. The predicted molar refractivity (Wildman–Crippen MR) is 152 cm³/mol. The SMILES string of the molecule is Cc1[nH]n2c(CCCc3ccc(NC(=O)C(C)Oc4ccc(Cc5ccc(O)cc5)cc4)cc3)nnc2c1Cl. The number of aryl methyl sites for hydroxylation is 3. The molecule has 0 bridgehead atoms. The monoisotopic (exact) mass is 543 g/mol. The highest BCUT2D eigenvalue weighted by Crippen LogP contribution is 2.21. The van der Waals surface area contributed by atoms with Crippen LogP contribution in [0.2, 0.25) is 5.02 Å². The second-order valence-electron chi connectivity index (χ2n) is 9.61. The van der Waals surface area contributed by atoms with Crippen LogP contribution < -0.4 is 10.1 Å². The van der Waals surface area contributed by atoms with Crippen molar-refractivity contribution >= 4 is 28.8 Å². The molecule has 8 nitrogen and oxygen atoms in total. The summed E-state index contributed by atoms with van der Waals surface area (Å²) in [5.41, 5.74) is 5.65. The number of aromatic nitrogens is 4. The fourth-order valence-electron chi connectivity index (χ4n) is 4.36. The minimum Gasteiger partial charge on any atom is -0.508 e. The van der Waals surface area contributed by atoms with Crippen molar-refractivity contribution in [3.63, 3.8) is 0 Å². The molecule has 200 valence electrons. The first kappa shape index (κ1) is 26.3. The summed E-state index contributed by atoms with van der Waals surface area (Å²) in [7, 11) is 0. The molecule has 0 aliphatic rings. The number of hydrogen-bond acceptors (Lipinski definition) is 5. The maximum atomic E-state index is 12.7. The third-order valence-corrected chi connectivity index (χ3v) is 7.02. The normalized spacial score (nSPS) is 12.0. The van der Waals surface area contributed by atoms with Crippen molar-refractivity contribution in [3.8, 4) is 11.5 Å². The number of benzene rings is 3. The molecule has 39 heavy (non-hydrogen) atoms. The Labute approximate surface area is 231 Å². The highest BCUT2D eigenvalue weighted by atomic mass is 35.5. The van der Waals surface area contributed by atoms with Gasteiger partial charge in [-0.1, -0.05) is 48.0 Å². The smallest absolute Gasteiger partial charge is 0.265 e. The molecule has 0 radical (unpaired) electrons. The van der Waals surface area contributed by atoms with Crippen LogP contribution in [0.3, 0.4) is 0 Å². The van der Waals surface area contributed by atoms with Crippen LogP contribution in [0, 0.1) is 6.92 Å². The number of hydrogen-bond donors (Lipinski definition) is 3. The van der Waals surface area contributed by atoms with E-state index in [4.69, 9.17) is 16.3 Å². The summed E-state index contributed by atoms with van der Waals surface area (Å²) < 4.78 is 7.69. The molecule has 0 saturated heterocycles. The standard InChI is InChI=1S/C30H30ClN5O3/c1-19-28(31)29-34-33-27(36(29)35-19)5-3-4-21-6-12-24(13-7-21)32-30(38)20(2)39-26-16-10-23(11-17-26)18-22-8-14-25(37)15-9-22/h6-17,20,35,37H,3-5,18H2,1-2H3,(H,32,38). The number of H-pyrrole nitrogens is 1. The highest BCUT2D eigenvalue weighted by Gasteiger charge is 2.16. The van der Waals surface area contributed by atoms with Crippen molar-refractivity contribution in [2.75, 3.05) is 5.32 Å². The van der Waals surface area contributed by atoms with E-state index in [0.29, 0.717) is 16.4 Å². The zero-order valence-electron chi connectivity index (χ0n) is 21.8. The Kier molecular flexibility index (Phi) is 7.84. The number of fused-ring (bicyclic) bond motifs is 1. The van der Waals surface area contributed by atoms with E-state index in [1.807, 2.05) is 72.1 Å². The molecule has 0 fully saturated rings. The Morgan fingerprint density at radius 2 is 1.62 bits per heavy atom. The van der Waals surface area contributed by atoms with Gasteiger partial charge in [0.25, 0.3) is 5.91 Å². The van der Waals surface area contributed by atoms with Crippen LogP contribution in [0.25, 0.3) is 5.65 Å². The van der Waals surface area contributed by atoms with Crippen LogP contribution in [0.4, 0.5) is 5.69 Å². The molecule has 1 unspecified atom stereocenters. The fourth-order valence-corrected chi connectivity index (χ4v) is 4.53. The van der Waals surface area contributed by atoms with E-state index in [0.717, 1.165) is 54.0 Å². The van der Waals surface area contributed by atoms with Gasteiger partial charge in [0.1, 0.15) is 16.5 Å². The quantitative estimate of drug-likeness (QED) is 0.203. The number of aromatic amines is 1. The van der Waals surface area contributed by atoms with E-state index >= 15 is 0 Å². The first-order valence-corrected chi connectivity index (χ1v) is 13.2. The average Bonchev–Trinajstić information content (AvgIpc) is 3.46. The van der Waals surface area contributed by atoms with Crippen molar-refractivity contribution in [2.24, 2.45) is 0 Å². The molecule has 9 heteroatoms. The van der Waals surface area contributed by atoms with Gasteiger partial charge in [-0.3, -0.25) is 9.89 Å². The molecule has 5 rings (SSSR count). The molecular formula is C30H30ClN5O3. The lowest BCUT2D eigenvalue weighted by atomic mass is 10.0. The third kappa shape index (κ3) is 6.41. The van der Waals surface area contributed by atoms with Gasteiger partial charge in [0.15, 0.2) is 17.6 Å². The van der Waals surface area contributed by atoms with Gasteiger partial charge < -0.3 is 15.2 Å². The van der Waals surface area contributed by atoms with Crippen LogP contribution in [0.15, 0.2) is 72.8 Å². The number of aromatic hydroxyl groups is 1. The number of anilines is 1. The van der Waals surface area contributed by atoms with Crippen molar-refractivity contribution in [3.05, 3.63) is 106 Å². The number of phenols is 1. The van der Waals surface area contributed by atoms with E-state index in [9.17, 15) is 9.90 Å². The number of ether oxygens (including phenoxy) is 1. The molecule has 2 heterocycles. The summed E-state index contributed by atoms with van der Waals surface area (Å²) in [6, 6.07) is 22.7. The van der Waals surface area contributed by atoms with Crippen LogP contribution in [-0.4, -0.2) is 36.9 Å². The van der Waals surface area contributed by atoms with Crippen LogP contribution in [-0.2, 0) is 24.1 Å². The molecule has 0 saturated carbocycles. The van der Waals surface area contributed by atoms with Gasteiger partial charge in [0.2, 0.25) is 0 Å². The lowest BCUT2D eigenvalue weighted by Gasteiger charge is -2.15. The molecule has 1 atom stereocenters. The number of nitrogens with zero attached hydrogens (tertiary/aromatic N) is 3. The summed E-state index contributed by atoms with van der Waals surface area (Å²) in [5, 5.41) is 24.5. The number of amides is 1. The first-order chi connectivity index (χ1) is 18.9. The number of nitrogens with one attached hydrogen (secondary N) is 2. The van der Waals surface area contributed by atoms with Crippen LogP contribution in [0.1, 0.15) is 41.6 Å². The number of carbonyl (C=O) groups excluding carboxylic acids is 1. The van der Waals surface area contributed by atoms with E-state index < -0.39 is 6.10 Å². The molecular weight excluding hydrogens is 514 g/mol. The number of phenolic OH excluding ortho intramolecular Hbond substituents is 1. The summed E-state index contributed by atoms with van der Waals surface area (Å²) in [4.78, 5) is 12.7. The molecule has 0 aliphatic carbocycles. The second kappa shape index (κ2) is 11.6. The van der Waals surface area contributed by atoms with Crippen molar-refractivity contribution in [1.29, 1.82) is 0 Å². The van der Waals surface area contributed by atoms with Gasteiger partial charge in [-0.25, -0.2) is 4.52 Å². The Hall–Kier alpha value is -4.30. The lowest BCUT2D eigenvalue weighted by molar-refractivity contribution is -0.122. The van der Waals surface area contributed by atoms with E-state index in [1.165, 1.54) is 5.56 Å². The number of halogens is 1. The first-order valence-electron chi connectivity index (χ1n) is 12.9. The van der Waals surface area contributed by atoms with E-state index in [-0.39, 0.29) is 11.7 Å². The van der Waals surface area contributed by atoms with Crippen LogP contribution in [0.5, 0.6) is 11.5 Å². The Morgan fingerprint density at radius 3 is 2.31 bits per heavy atom. The zero-order valence-corrected chi connectivity index (χ0v) is 22.6. The largest absolute Gasteiger partial charge is 0.508 e. The Balaban J connectivity index is 1.08. The maximum absolute atomic E-state index is 12.7. The fraction of sp³-hybridized carbons (Fsp3) is 0.233. The molecule has 1 amide bonds. The second-order valence-corrected chi connectivity index (χ2v) is 9.99. The number of rotatable bonds is 10. The van der Waals surface area contributed by atoms with Crippen molar-refractivity contribution in [1.82, 2.24) is 19.8 Å². The summed E-state index contributed by atoms with van der Waals surface area (Å²) in [6.07, 6.45) is 2.64. The van der Waals surface area contributed by atoms with Gasteiger partial charge in [0, 0.05) is 12.1 Å². The summed E-state index contributed by atoms with van der Waals surface area (Å²) >= 11 is 6.23. The van der Waals surface area contributed by atoms with Gasteiger partial charge in [-0.05, 0) is 86.2 Å². The van der Waals surface area contributed by atoms with Gasteiger partial charge in [0.05, 0.1) is 5.69 Å². The van der Waals surface area contributed by atoms with E-state index in [2.05, 4.69) is 20.6 Å². The molecule has 3 N–H and O–H groups in total. The topological polar surface area (TPSA) is 105 Å². The Bertz CT molecular complexity index is 1560. The Morgan fingerprint density at radius 1 is 0.974 bits per heavy atom. The van der Waals surface area contributed by atoms with Crippen LogP contribution >= 0.6 is 11.6 Å². The summed E-state index contributed by atoms with van der Waals surface area (Å²) in [5.74, 6) is 1.52. The zero-order chi connectivity index (χ0) is 27.4. The molecule has 0 aliphatic heterocycles. The molecule has 3 aromatic carbocycles. The molecule has 2 aromatic heterocycles. The van der Waals surface area contributed by atoms with E-state index in [1.54, 1.807) is 19.1 Å². The van der Waals surface area contributed by atoms with Gasteiger partial charge >= 0.3 is 0 Å². The highest BCUT2D eigenvalue weighted by molar-refractivity contribution is 6.34. The summed E-state index contributed by atoms with van der Waals surface area (Å²) in [6.45, 7) is 3.64. The third-order valence-electron chi connectivity index (χ3n) is 6.57. The number of carbonyl (C=O) groups is 1. The van der Waals surface area contributed by atoms with Gasteiger partial charge in [-0.15, -0.1) is 10.2 Å². The lowest BCUT2D eigenvalue weighted by Crippen LogP contribution is -2.30. The van der Waals surface area contributed by atoms with Crippen molar-refractivity contribution in [2.45, 2.75) is 45.6 Å². The minimum atomic E-state index is -0.655. The predicted octanol–water partition coefficient (Wildman–Crippen LogP) is 5.90. The minimum absolute atomic E-state index is 0.216.